The first-order valence-electron chi connectivity index (χ1n) is 4.60. The average molecular weight is 223 g/mol. The molecule has 15 heavy (non-hydrogen) atoms. The first kappa shape index (κ1) is 10.1. The van der Waals surface area contributed by atoms with Gasteiger partial charge in [-0.2, -0.15) is 0 Å². The van der Waals surface area contributed by atoms with Gasteiger partial charge in [-0.05, 0) is 24.6 Å². The fourth-order valence-corrected chi connectivity index (χ4v) is 1.78. The molecule has 4 heteroatoms. The second kappa shape index (κ2) is 3.59. The Morgan fingerprint density at radius 2 is 2.07 bits per heavy atom. The van der Waals surface area contributed by atoms with Gasteiger partial charge in [0.05, 0.1) is 5.69 Å². The van der Waals surface area contributed by atoms with E-state index in [2.05, 4.69) is 5.10 Å². The van der Waals surface area contributed by atoms with Crippen LogP contribution in [0.25, 0.3) is 11.3 Å². The minimum atomic E-state index is -0.0423. The van der Waals surface area contributed by atoms with Crippen LogP contribution in [0.15, 0.2) is 29.1 Å². The molecular formula is C11H11ClN2O. The van der Waals surface area contributed by atoms with Crippen LogP contribution in [0.5, 0.6) is 0 Å². The van der Waals surface area contributed by atoms with E-state index in [-0.39, 0.29) is 5.56 Å². The number of aromatic amines is 1. The number of benzene rings is 1. The Morgan fingerprint density at radius 3 is 2.60 bits per heavy atom. The van der Waals surface area contributed by atoms with E-state index >= 15 is 0 Å². The minimum absolute atomic E-state index is 0.0423. The molecule has 0 spiro atoms. The molecule has 3 nitrogen and oxygen atoms in total. The molecule has 2 rings (SSSR count). The monoisotopic (exact) mass is 222 g/mol. The molecule has 0 fully saturated rings. The minimum Gasteiger partial charge on any atom is -0.295 e. The first-order valence-corrected chi connectivity index (χ1v) is 4.98. The molecule has 0 amide bonds. The number of hydrogen-bond acceptors (Lipinski definition) is 1. The van der Waals surface area contributed by atoms with Gasteiger partial charge in [0.1, 0.15) is 0 Å². The fourth-order valence-electron chi connectivity index (χ4n) is 1.56. The molecule has 0 atom stereocenters. The summed E-state index contributed by atoms with van der Waals surface area (Å²) in [4.78, 5) is 11.3. The van der Waals surface area contributed by atoms with Crippen molar-refractivity contribution in [3.8, 4) is 11.3 Å². The topological polar surface area (TPSA) is 37.8 Å². The first-order chi connectivity index (χ1) is 7.08. The molecule has 1 heterocycles. The van der Waals surface area contributed by atoms with Gasteiger partial charge in [-0.25, -0.2) is 0 Å². The summed E-state index contributed by atoms with van der Waals surface area (Å²) in [5.41, 5.74) is 2.82. The van der Waals surface area contributed by atoms with Crippen molar-refractivity contribution < 1.29 is 0 Å². The van der Waals surface area contributed by atoms with E-state index in [0.29, 0.717) is 5.02 Å². The van der Waals surface area contributed by atoms with Crippen LogP contribution < -0.4 is 5.56 Å². The maximum Gasteiger partial charge on any atom is 0.266 e. The quantitative estimate of drug-likeness (QED) is 0.790. The number of nitrogens with zero attached hydrogens (tertiary/aromatic N) is 1. The lowest BCUT2D eigenvalue weighted by atomic mass is 10.1. The van der Waals surface area contributed by atoms with Crippen molar-refractivity contribution >= 4 is 11.6 Å². The number of halogens is 1. The summed E-state index contributed by atoms with van der Waals surface area (Å²) in [5, 5.41) is 3.69. The van der Waals surface area contributed by atoms with Crippen LogP contribution in [-0.4, -0.2) is 9.78 Å². The molecule has 0 aliphatic rings. The lowest BCUT2D eigenvalue weighted by Gasteiger charge is -2.03. The summed E-state index contributed by atoms with van der Waals surface area (Å²) in [5.74, 6) is 0. The maximum atomic E-state index is 11.3. The molecular weight excluding hydrogens is 212 g/mol. The van der Waals surface area contributed by atoms with Crippen molar-refractivity contribution in [3.05, 3.63) is 45.2 Å². The van der Waals surface area contributed by atoms with Gasteiger partial charge in [0, 0.05) is 23.7 Å². The van der Waals surface area contributed by atoms with Gasteiger partial charge in [-0.15, -0.1) is 0 Å². The van der Waals surface area contributed by atoms with Gasteiger partial charge in [-0.3, -0.25) is 14.6 Å². The van der Waals surface area contributed by atoms with Crippen molar-refractivity contribution in [1.29, 1.82) is 0 Å². The predicted molar refractivity (Wildman–Crippen MR) is 61.2 cm³/mol. The number of nitrogens with one attached hydrogen (secondary N) is 1. The van der Waals surface area contributed by atoms with Crippen LogP contribution >= 0.6 is 11.6 Å². The summed E-state index contributed by atoms with van der Waals surface area (Å²) >= 11 is 5.86. The summed E-state index contributed by atoms with van der Waals surface area (Å²) in [6, 6.07) is 7.18. The van der Waals surface area contributed by atoms with Gasteiger partial charge in [0.15, 0.2) is 0 Å². The van der Waals surface area contributed by atoms with Crippen molar-refractivity contribution in [2.24, 2.45) is 7.05 Å². The largest absolute Gasteiger partial charge is 0.295 e. The highest BCUT2D eigenvalue weighted by atomic mass is 35.5. The van der Waals surface area contributed by atoms with E-state index in [1.54, 1.807) is 13.1 Å². The second-order valence-electron chi connectivity index (χ2n) is 3.53. The van der Waals surface area contributed by atoms with Crippen LogP contribution in [0.1, 0.15) is 5.56 Å². The number of hydrogen-bond donors (Lipinski definition) is 1. The molecule has 0 radical (unpaired) electrons. The van der Waals surface area contributed by atoms with Crippen LogP contribution in [0.3, 0.4) is 0 Å². The number of rotatable bonds is 1. The Bertz CT molecular complexity index is 554. The molecule has 0 bridgehead atoms. The van der Waals surface area contributed by atoms with E-state index in [9.17, 15) is 4.79 Å². The van der Waals surface area contributed by atoms with Gasteiger partial charge >= 0.3 is 0 Å². The van der Waals surface area contributed by atoms with Crippen molar-refractivity contribution in [1.82, 2.24) is 9.78 Å². The number of H-pyrrole nitrogens is 1. The van der Waals surface area contributed by atoms with Gasteiger partial charge in [0.2, 0.25) is 0 Å². The Kier molecular flexibility index (Phi) is 2.40. The third kappa shape index (κ3) is 1.83. The number of aromatic nitrogens is 2. The lowest BCUT2D eigenvalue weighted by Crippen LogP contribution is -2.09. The molecule has 1 aromatic carbocycles. The molecule has 0 aliphatic heterocycles. The van der Waals surface area contributed by atoms with Crippen LogP contribution in [0, 0.1) is 6.92 Å². The zero-order valence-corrected chi connectivity index (χ0v) is 9.30. The molecule has 1 N–H and O–H groups in total. The smallest absolute Gasteiger partial charge is 0.266 e. The van der Waals surface area contributed by atoms with E-state index in [1.807, 2.05) is 25.1 Å². The molecule has 0 aliphatic carbocycles. The third-order valence-corrected chi connectivity index (χ3v) is 2.60. The molecule has 0 unspecified atom stereocenters. The van der Waals surface area contributed by atoms with Gasteiger partial charge in [-0.1, -0.05) is 17.7 Å². The summed E-state index contributed by atoms with van der Waals surface area (Å²) in [6.45, 7) is 1.96. The Labute approximate surface area is 92.3 Å². The van der Waals surface area contributed by atoms with Crippen molar-refractivity contribution in [2.75, 3.05) is 0 Å². The van der Waals surface area contributed by atoms with E-state index in [1.165, 1.54) is 4.68 Å². The summed E-state index contributed by atoms with van der Waals surface area (Å²) < 4.78 is 1.45. The highest BCUT2D eigenvalue weighted by molar-refractivity contribution is 6.30. The summed E-state index contributed by atoms with van der Waals surface area (Å²) in [7, 11) is 1.69. The molecule has 2 aromatic rings. The second-order valence-corrected chi connectivity index (χ2v) is 3.96. The molecule has 0 saturated heterocycles. The van der Waals surface area contributed by atoms with Crippen molar-refractivity contribution in [3.63, 3.8) is 0 Å². The SMILES string of the molecule is Cc1cc(Cl)ccc1-c1cc(=O)n(C)[nH]1. The van der Waals surface area contributed by atoms with Crippen molar-refractivity contribution in [2.45, 2.75) is 6.92 Å². The molecule has 78 valence electrons. The predicted octanol–water partition coefficient (Wildman–Crippen LogP) is 2.34. The zero-order valence-electron chi connectivity index (χ0n) is 8.54. The van der Waals surface area contributed by atoms with Crippen LogP contribution in [0.4, 0.5) is 0 Å². The van der Waals surface area contributed by atoms with Gasteiger partial charge in [0.25, 0.3) is 5.56 Å². The third-order valence-electron chi connectivity index (χ3n) is 2.37. The van der Waals surface area contributed by atoms with E-state index < -0.39 is 0 Å². The van der Waals surface area contributed by atoms with Crippen LogP contribution in [-0.2, 0) is 7.05 Å². The summed E-state index contributed by atoms with van der Waals surface area (Å²) in [6.07, 6.45) is 0. The Balaban J connectivity index is 2.59. The molecule has 1 aromatic heterocycles. The molecule has 0 saturated carbocycles. The van der Waals surface area contributed by atoms with E-state index in [4.69, 9.17) is 11.6 Å². The normalized spacial score (nSPS) is 10.6. The average Bonchev–Trinajstić information content (AvgIpc) is 2.46. The van der Waals surface area contributed by atoms with E-state index in [0.717, 1.165) is 16.8 Å². The Hall–Kier alpha value is -1.48. The van der Waals surface area contributed by atoms with Crippen LogP contribution in [0.2, 0.25) is 5.02 Å². The standard InChI is InChI=1S/C11H11ClN2O/c1-7-5-8(12)3-4-9(7)10-6-11(15)14(2)13-10/h3-6,13H,1-2H3. The Morgan fingerprint density at radius 1 is 1.33 bits per heavy atom. The fraction of sp³-hybridized carbons (Fsp3) is 0.182. The van der Waals surface area contributed by atoms with Gasteiger partial charge < -0.3 is 0 Å². The number of aryl methyl sites for hydroxylation is 2. The zero-order chi connectivity index (χ0) is 11.0. The highest BCUT2D eigenvalue weighted by Crippen LogP contribution is 2.23. The highest BCUT2D eigenvalue weighted by Gasteiger charge is 2.05. The lowest BCUT2D eigenvalue weighted by molar-refractivity contribution is 0.742. The maximum absolute atomic E-state index is 11.3.